The van der Waals surface area contributed by atoms with Crippen LogP contribution >= 0.6 is 18.8 Å². The van der Waals surface area contributed by atoms with Crippen LogP contribution in [0.4, 0.5) is 34.6 Å². The molecular weight excluding hydrogens is 1490 g/mol. The van der Waals surface area contributed by atoms with E-state index >= 15 is 0 Å². The minimum Gasteiger partial charge on any atom is 2.00 e. The number of rotatable bonds is 10. The van der Waals surface area contributed by atoms with Crippen LogP contribution in [-0.2, 0) is 48.4 Å². The van der Waals surface area contributed by atoms with Crippen molar-refractivity contribution in [2.45, 2.75) is 52.4 Å². The third-order valence-corrected chi connectivity index (χ3v) is 13.3. The molecule has 14 heteroatoms. The molecule has 0 fully saturated rings. The summed E-state index contributed by atoms with van der Waals surface area (Å²) >= 11 is -0.472. The zero-order chi connectivity index (χ0) is 61.4. The van der Waals surface area contributed by atoms with Crippen LogP contribution < -0.4 is 9.80 Å². The Morgan fingerprint density at radius 1 is 0.420 bits per heavy atom. The summed E-state index contributed by atoms with van der Waals surface area (Å²) in [5, 5.41) is 26.4. The van der Waals surface area contributed by atoms with Crippen LogP contribution in [0.1, 0.15) is 63.8 Å². The van der Waals surface area contributed by atoms with E-state index < -0.39 is 16.5 Å². The third-order valence-electron chi connectivity index (χ3n) is 13.3. The first kappa shape index (κ1) is 66.5. The molecule has 0 saturated carbocycles. The van der Waals surface area contributed by atoms with Crippen LogP contribution in [0.3, 0.4) is 0 Å². The summed E-state index contributed by atoms with van der Waals surface area (Å²) in [5.74, 6) is 3.20. The number of para-hydroxylation sites is 2. The molecule has 4 heterocycles. The van der Waals surface area contributed by atoms with Gasteiger partial charge in [0.05, 0.1) is 34.6 Å². The number of halogens is 2. The molecule has 0 aliphatic heterocycles. The maximum Gasteiger partial charge on any atom is 2.00 e. The first-order chi connectivity index (χ1) is 42.3. The van der Waals surface area contributed by atoms with Gasteiger partial charge in [-0.1, -0.05) is 169 Å². The van der Waals surface area contributed by atoms with Gasteiger partial charge in [0.2, 0.25) is 0 Å². The average Bonchev–Trinajstić information content (AvgIpc) is 1.99. The number of hydrogen-bond donors (Lipinski definition) is 0. The Balaban J connectivity index is 0.000000192. The molecule has 4 aromatic heterocycles. The Hall–Kier alpha value is -8.98. The fraction of sp³-hybridized carbons (Fsp3) is 0.108. The molecule has 0 N–H and O–H groups in total. The van der Waals surface area contributed by atoms with Crippen molar-refractivity contribution in [1.82, 2.24) is 29.5 Å². The van der Waals surface area contributed by atoms with E-state index in [1.165, 1.54) is 11.1 Å². The molecule has 88 heavy (non-hydrogen) atoms. The van der Waals surface area contributed by atoms with E-state index in [4.69, 9.17) is 49.5 Å². The van der Waals surface area contributed by atoms with Gasteiger partial charge in [0.25, 0.3) is 0 Å². The first-order valence-corrected chi connectivity index (χ1v) is 33.5. The zero-order valence-corrected chi connectivity index (χ0v) is 55.5. The van der Waals surface area contributed by atoms with Gasteiger partial charge < -0.3 is 0 Å². The Morgan fingerprint density at radius 2 is 0.830 bits per heavy atom. The van der Waals surface area contributed by atoms with Crippen molar-refractivity contribution >= 4 is 53.5 Å². The Kier molecular flexibility index (Phi) is 25.1. The molecular formula is C74H64Cl2N10Pt2. The summed E-state index contributed by atoms with van der Waals surface area (Å²) in [6.07, 6.45) is 3.94. The first-order valence-electron chi connectivity index (χ1n) is 27.9. The SMILES string of the molecule is CC(C)(C)c1ccc(N(c2cccc(-c3[c-]cccc3)n2)c2ccn(-c3[c-]cccc3)n2)cc1.CC(C)(C)c1ccc(N(c2cccc(-c3ccccc3)n2)c2ccn(-c3ccccc3)n2)cc1.N#Cc1ccccc1.N#Cc1ccccc1.[Cl][Pt][Cl].[Pt+2]. The topological polar surface area (TPSA) is 115 Å². The van der Waals surface area contributed by atoms with Gasteiger partial charge in [-0.2, -0.15) is 39.9 Å². The summed E-state index contributed by atoms with van der Waals surface area (Å²) in [6, 6.07) is 98.5. The normalized spacial score (nSPS) is 10.5. The fourth-order valence-electron chi connectivity index (χ4n) is 8.83. The van der Waals surface area contributed by atoms with Gasteiger partial charge >= 0.3 is 56.4 Å². The molecule has 0 radical (unpaired) electrons. The van der Waals surface area contributed by atoms with Crippen molar-refractivity contribution in [3.63, 3.8) is 0 Å². The maximum atomic E-state index is 8.29. The molecule has 444 valence electrons. The van der Waals surface area contributed by atoms with E-state index in [9.17, 15) is 0 Å². The smallest absolute Gasteiger partial charge is 2.00 e. The van der Waals surface area contributed by atoms with Crippen LogP contribution in [0.25, 0.3) is 33.9 Å². The molecule has 0 aliphatic rings. The molecule has 0 unspecified atom stereocenters. The van der Waals surface area contributed by atoms with Crippen molar-refractivity contribution in [2.24, 2.45) is 0 Å². The number of benzene rings is 8. The number of nitriles is 2. The number of aromatic nitrogens is 6. The summed E-state index contributed by atoms with van der Waals surface area (Å²) in [5.41, 5.74) is 11.9. The molecule has 10 nitrogen and oxygen atoms in total. The quantitative estimate of drug-likeness (QED) is 0.124. The van der Waals surface area contributed by atoms with Crippen molar-refractivity contribution in [3.05, 3.63) is 314 Å². The summed E-state index contributed by atoms with van der Waals surface area (Å²) in [4.78, 5) is 14.2. The molecule has 8 aromatic carbocycles. The number of hydrogen-bond acceptors (Lipinski definition) is 8. The standard InChI is InChI=1S/C30H28N4.C30H26N4.2C7H5N.2ClH.2Pt/c2*1-30(2,3)24-17-19-26(20-18-24)34(29-21-22-33(32-29)25-13-8-5-9-14-25)28-16-10-15-27(31-28)23-11-6-4-7-12-23;2*8-6-7-4-2-1-3-5-7;;;;/h4-22H,1-3H3;4-11,13,15-22H,1-3H3;2*1-5H;2*1H;;/q;-2;;;;;2*+2/p-2. The van der Waals surface area contributed by atoms with E-state index in [-0.39, 0.29) is 31.9 Å². The Bertz CT molecular complexity index is 3800. The van der Waals surface area contributed by atoms with Gasteiger partial charge in [0.1, 0.15) is 11.6 Å². The second-order valence-electron chi connectivity index (χ2n) is 21.5. The van der Waals surface area contributed by atoms with Crippen LogP contribution in [0, 0.1) is 34.8 Å². The minimum absolute atomic E-state index is 0. The van der Waals surface area contributed by atoms with E-state index in [1.54, 1.807) is 24.3 Å². The largest absolute Gasteiger partial charge is 2.00 e. The molecule has 12 rings (SSSR count). The van der Waals surface area contributed by atoms with Crippen molar-refractivity contribution in [1.29, 1.82) is 10.5 Å². The summed E-state index contributed by atoms with van der Waals surface area (Å²) in [7, 11) is 9.75. The number of anilines is 6. The van der Waals surface area contributed by atoms with Crippen LogP contribution in [0.15, 0.2) is 279 Å². The predicted molar refractivity (Wildman–Crippen MR) is 352 cm³/mol. The second kappa shape index (κ2) is 33.2. The van der Waals surface area contributed by atoms with Gasteiger partial charge in [-0.05, 0) is 112 Å². The van der Waals surface area contributed by atoms with Crippen molar-refractivity contribution in [3.8, 4) is 46.0 Å². The molecule has 12 aromatic rings. The van der Waals surface area contributed by atoms with Gasteiger partial charge in [-0.25, -0.2) is 9.67 Å². The number of nitrogens with zero attached hydrogens (tertiary/aromatic N) is 10. The van der Waals surface area contributed by atoms with Gasteiger partial charge in [0.15, 0.2) is 11.6 Å². The van der Waals surface area contributed by atoms with Gasteiger partial charge in [0, 0.05) is 41.5 Å². The van der Waals surface area contributed by atoms with Crippen LogP contribution in [0.2, 0.25) is 0 Å². The van der Waals surface area contributed by atoms with Crippen LogP contribution in [0.5, 0.6) is 0 Å². The third kappa shape index (κ3) is 19.0. The summed E-state index contributed by atoms with van der Waals surface area (Å²) in [6.45, 7) is 13.3. The molecule has 0 bridgehead atoms. The second-order valence-corrected chi connectivity index (χ2v) is 24.8. The maximum absolute atomic E-state index is 8.29. The average molecular weight is 1550 g/mol. The Labute approximate surface area is 548 Å². The van der Waals surface area contributed by atoms with E-state index in [0.29, 0.717) is 11.1 Å². The van der Waals surface area contributed by atoms with Crippen molar-refractivity contribution < 1.29 is 37.5 Å². The summed E-state index contributed by atoms with van der Waals surface area (Å²) < 4.78 is 3.73. The minimum atomic E-state index is -0.472. The monoisotopic (exact) mass is 1550 g/mol. The molecule has 0 saturated heterocycles. The number of pyridine rings is 2. The molecule has 0 aliphatic carbocycles. The van der Waals surface area contributed by atoms with Gasteiger partial charge in [-0.3, -0.25) is 19.5 Å². The van der Waals surface area contributed by atoms with Gasteiger partial charge in [-0.15, -0.1) is 47.1 Å². The predicted octanol–water partition coefficient (Wildman–Crippen LogP) is 19.5. The molecule has 0 atom stereocenters. The Morgan fingerprint density at radius 3 is 1.26 bits per heavy atom. The van der Waals surface area contributed by atoms with E-state index in [2.05, 4.69) is 130 Å². The molecule has 0 amide bonds. The molecule has 0 spiro atoms. The van der Waals surface area contributed by atoms with Crippen LogP contribution in [-0.4, -0.2) is 29.5 Å². The zero-order valence-electron chi connectivity index (χ0n) is 49.4. The van der Waals surface area contributed by atoms with E-state index in [1.807, 2.05) is 210 Å². The van der Waals surface area contributed by atoms with Crippen molar-refractivity contribution in [2.75, 3.05) is 9.80 Å². The fourth-order valence-corrected chi connectivity index (χ4v) is 8.83. The van der Waals surface area contributed by atoms with E-state index in [0.717, 1.165) is 68.5 Å².